The molecule has 0 saturated carbocycles. The molecule has 13 heteroatoms. The lowest BCUT2D eigenvalue weighted by Crippen LogP contribution is -2.58. The Balaban J connectivity index is 1.24. The van der Waals surface area contributed by atoms with Crippen LogP contribution in [0.3, 0.4) is 0 Å². The van der Waals surface area contributed by atoms with Crippen molar-refractivity contribution in [1.29, 1.82) is 0 Å². The van der Waals surface area contributed by atoms with Crippen LogP contribution in [0.5, 0.6) is 0 Å². The zero-order valence-corrected chi connectivity index (χ0v) is 37.7. The molecule has 1 aliphatic heterocycles. The van der Waals surface area contributed by atoms with Gasteiger partial charge in [-0.05, 0) is 52.5 Å². The molecule has 0 unspecified atom stereocenters. The number of nitrogens with zero attached hydrogens (tertiary/aromatic N) is 2. The number of fused-ring (bicyclic) bond motifs is 3. The number of carboxylic acids is 1. The summed E-state index contributed by atoms with van der Waals surface area (Å²) < 4.78 is 17.9. The Morgan fingerprint density at radius 2 is 1.49 bits per heavy atom. The first kappa shape index (κ1) is 47.2. The SMILES string of the molecule is CC[C@H](C)[C@@H]([C@@H](CC(=O)N1CCC[C@H]1[C@H](OC)[C@@H](C)C(=S)N[C@@H](Cc1ccccc1)C(=O)O)OC)N(C)C(=O)[C@@H](NC(=O)OCC1c2ccccc2-c2ccccc21)C(C)C. The van der Waals surface area contributed by atoms with E-state index in [1.807, 2.05) is 94.1 Å². The summed E-state index contributed by atoms with van der Waals surface area (Å²) >= 11 is 5.77. The van der Waals surface area contributed by atoms with Crippen LogP contribution in [0.15, 0.2) is 78.9 Å². The van der Waals surface area contributed by atoms with Crippen LogP contribution in [0.4, 0.5) is 4.79 Å². The van der Waals surface area contributed by atoms with Crippen LogP contribution >= 0.6 is 12.2 Å². The van der Waals surface area contributed by atoms with E-state index in [0.29, 0.717) is 24.4 Å². The van der Waals surface area contributed by atoms with E-state index >= 15 is 0 Å². The molecule has 2 aliphatic rings. The summed E-state index contributed by atoms with van der Waals surface area (Å²) in [4.78, 5) is 58.2. The number of amides is 3. The summed E-state index contributed by atoms with van der Waals surface area (Å²) in [6.07, 6.45) is 0.599. The molecule has 1 fully saturated rings. The molecular weight excluding hydrogens is 793 g/mol. The summed E-state index contributed by atoms with van der Waals surface area (Å²) in [7, 11) is 4.85. The van der Waals surface area contributed by atoms with Crippen LogP contribution in [-0.2, 0) is 35.0 Å². The van der Waals surface area contributed by atoms with E-state index in [4.69, 9.17) is 26.4 Å². The van der Waals surface area contributed by atoms with E-state index in [9.17, 15) is 24.3 Å². The third kappa shape index (κ3) is 11.2. The second-order valence-corrected chi connectivity index (χ2v) is 17.3. The number of alkyl carbamates (subject to hydrolysis) is 1. The first-order valence-corrected chi connectivity index (χ1v) is 21.9. The third-order valence-corrected chi connectivity index (χ3v) is 13.2. The zero-order chi connectivity index (χ0) is 44.4. The Hall–Kier alpha value is -4.85. The van der Waals surface area contributed by atoms with E-state index in [1.54, 1.807) is 26.2 Å². The van der Waals surface area contributed by atoms with Gasteiger partial charge in [-0.15, -0.1) is 0 Å². The standard InChI is InChI=1S/C48H64N4O8S/c1-9-30(4)43(51(6)46(54)42(29(2)3)50-48(57)60-28-37-35-22-15-13-20-33(35)34-21-14-16-23-36(34)37)40(58-7)27-41(53)52-25-17-24-39(52)44(59-8)31(5)45(61)49-38(47(55)56)26-32-18-11-10-12-19-32/h10-16,18-23,29-31,37-40,42-44H,9,17,24-28H2,1-8H3,(H,49,61)(H,50,57)(H,55,56)/t30-,31+,38-,39-,40+,42-,43-,44+/m0/s1. The van der Waals surface area contributed by atoms with Gasteiger partial charge in [0.1, 0.15) is 18.7 Å². The zero-order valence-electron chi connectivity index (χ0n) is 36.8. The van der Waals surface area contributed by atoms with E-state index in [0.717, 1.165) is 34.2 Å². The molecule has 1 heterocycles. The Kier molecular flexibility index (Phi) is 16.9. The van der Waals surface area contributed by atoms with Crippen molar-refractivity contribution in [2.24, 2.45) is 17.8 Å². The van der Waals surface area contributed by atoms with Gasteiger partial charge in [0, 0.05) is 46.1 Å². The predicted molar refractivity (Wildman–Crippen MR) is 240 cm³/mol. The van der Waals surface area contributed by atoms with Gasteiger partial charge in [0.15, 0.2) is 0 Å². The minimum absolute atomic E-state index is 0.0114. The number of thiocarbonyl (C=S) groups is 1. The minimum Gasteiger partial charge on any atom is -0.480 e. The number of hydrogen-bond donors (Lipinski definition) is 3. The van der Waals surface area contributed by atoms with Gasteiger partial charge in [-0.3, -0.25) is 9.59 Å². The van der Waals surface area contributed by atoms with Gasteiger partial charge in [0.2, 0.25) is 11.8 Å². The largest absolute Gasteiger partial charge is 0.480 e. The Bertz CT molecular complexity index is 1930. The number of likely N-dealkylation sites (N-methyl/N-ethyl adjacent to an activating group) is 1. The van der Waals surface area contributed by atoms with Crippen LogP contribution in [0.2, 0.25) is 0 Å². The third-order valence-electron chi connectivity index (χ3n) is 12.7. The van der Waals surface area contributed by atoms with Crippen LogP contribution in [0.1, 0.15) is 82.9 Å². The minimum atomic E-state index is -1.01. The molecule has 12 nitrogen and oxygen atoms in total. The average molecular weight is 857 g/mol. The van der Waals surface area contributed by atoms with Crippen molar-refractivity contribution in [2.75, 3.05) is 34.4 Å². The van der Waals surface area contributed by atoms with Crippen molar-refractivity contribution in [3.8, 4) is 11.1 Å². The second-order valence-electron chi connectivity index (χ2n) is 16.9. The number of ether oxygens (including phenoxy) is 3. The highest BCUT2D eigenvalue weighted by Crippen LogP contribution is 2.44. The summed E-state index contributed by atoms with van der Waals surface area (Å²) in [5.74, 6) is -2.30. The number of carbonyl (C=O) groups excluding carboxylic acids is 3. The van der Waals surface area contributed by atoms with Gasteiger partial charge < -0.3 is 39.8 Å². The molecule has 3 N–H and O–H groups in total. The molecule has 0 radical (unpaired) electrons. The molecular formula is C48H64N4O8S. The maximum atomic E-state index is 14.4. The quantitative estimate of drug-likeness (QED) is 0.101. The summed E-state index contributed by atoms with van der Waals surface area (Å²) in [6.45, 7) is 10.4. The lowest BCUT2D eigenvalue weighted by atomic mass is 9.89. The maximum Gasteiger partial charge on any atom is 0.407 e. The van der Waals surface area contributed by atoms with Crippen molar-refractivity contribution >= 4 is 41.1 Å². The highest BCUT2D eigenvalue weighted by molar-refractivity contribution is 7.80. The molecule has 0 aromatic heterocycles. The Morgan fingerprint density at radius 1 is 0.885 bits per heavy atom. The van der Waals surface area contributed by atoms with Crippen LogP contribution in [0, 0.1) is 17.8 Å². The van der Waals surface area contributed by atoms with Crippen molar-refractivity contribution in [2.45, 2.75) is 109 Å². The molecule has 3 amide bonds. The van der Waals surface area contributed by atoms with Crippen LogP contribution in [0.25, 0.3) is 11.1 Å². The van der Waals surface area contributed by atoms with E-state index in [2.05, 4.69) is 34.9 Å². The average Bonchev–Trinajstić information content (AvgIpc) is 3.87. The van der Waals surface area contributed by atoms with Gasteiger partial charge in [0.25, 0.3) is 0 Å². The highest BCUT2D eigenvalue weighted by Gasteiger charge is 2.43. The number of hydrogen-bond acceptors (Lipinski definition) is 8. The number of carbonyl (C=O) groups is 4. The fraction of sp³-hybridized carbons (Fsp3) is 0.521. The number of carboxylic acid groups (broad SMARTS) is 1. The lowest BCUT2D eigenvalue weighted by molar-refractivity contribution is -0.145. The number of likely N-dealkylation sites (tertiary alicyclic amines) is 1. The Labute approximate surface area is 366 Å². The van der Waals surface area contributed by atoms with E-state index in [1.165, 1.54) is 0 Å². The molecule has 330 valence electrons. The Morgan fingerprint density at radius 3 is 2.05 bits per heavy atom. The second kappa shape index (κ2) is 21.8. The van der Waals surface area contributed by atoms with Crippen molar-refractivity contribution < 1.29 is 38.5 Å². The number of aliphatic carboxylic acids is 1. The van der Waals surface area contributed by atoms with Gasteiger partial charge in [-0.2, -0.15) is 0 Å². The number of methoxy groups -OCH3 is 2. The monoisotopic (exact) mass is 856 g/mol. The topological polar surface area (TPSA) is 147 Å². The molecule has 3 aromatic carbocycles. The van der Waals surface area contributed by atoms with E-state index in [-0.39, 0.29) is 55.1 Å². The first-order valence-electron chi connectivity index (χ1n) is 21.5. The lowest BCUT2D eigenvalue weighted by Gasteiger charge is -2.41. The summed E-state index contributed by atoms with van der Waals surface area (Å²) in [5.41, 5.74) is 5.32. The van der Waals surface area contributed by atoms with Gasteiger partial charge >= 0.3 is 12.1 Å². The highest BCUT2D eigenvalue weighted by atomic mass is 32.1. The van der Waals surface area contributed by atoms with Gasteiger partial charge in [-0.1, -0.05) is 132 Å². The molecule has 5 rings (SSSR count). The molecule has 61 heavy (non-hydrogen) atoms. The first-order chi connectivity index (χ1) is 29.2. The van der Waals surface area contributed by atoms with Crippen LogP contribution in [-0.4, -0.2) is 115 Å². The van der Waals surface area contributed by atoms with E-state index < -0.39 is 48.3 Å². The van der Waals surface area contributed by atoms with Crippen molar-refractivity contribution in [3.63, 3.8) is 0 Å². The fourth-order valence-electron chi connectivity index (χ4n) is 9.16. The predicted octanol–water partition coefficient (Wildman–Crippen LogP) is 7.08. The number of benzene rings is 3. The summed E-state index contributed by atoms with van der Waals surface area (Å²) in [6, 6.07) is 23.0. The van der Waals surface area contributed by atoms with Gasteiger partial charge in [0.05, 0.1) is 35.7 Å². The molecule has 1 saturated heterocycles. The molecule has 3 aromatic rings. The fourth-order valence-corrected chi connectivity index (χ4v) is 9.44. The number of nitrogens with one attached hydrogen (secondary N) is 2. The van der Waals surface area contributed by atoms with Gasteiger partial charge in [-0.25, -0.2) is 9.59 Å². The summed E-state index contributed by atoms with van der Waals surface area (Å²) in [5, 5.41) is 15.9. The smallest absolute Gasteiger partial charge is 0.407 e. The normalized spacial score (nSPS) is 18.2. The molecule has 0 bridgehead atoms. The molecule has 1 aliphatic carbocycles. The maximum absolute atomic E-state index is 14.4. The van der Waals surface area contributed by atoms with Crippen molar-refractivity contribution in [3.05, 3.63) is 95.6 Å². The van der Waals surface area contributed by atoms with Crippen molar-refractivity contribution in [1.82, 2.24) is 20.4 Å². The number of rotatable bonds is 20. The molecule has 8 atom stereocenters. The van der Waals surface area contributed by atoms with Crippen LogP contribution < -0.4 is 10.6 Å². The molecule has 0 spiro atoms.